The summed E-state index contributed by atoms with van der Waals surface area (Å²) in [5.41, 5.74) is 3.10. The SMILES string of the molecule is Cc1cc(S(=O)(=O)c2ccc3[nH]ncc3c2)ccc1[C@@H]1CCNC1. The van der Waals surface area contributed by atoms with Crippen LogP contribution in [0.2, 0.25) is 0 Å². The van der Waals surface area contributed by atoms with E-state index < -0.39 is 9.84 Å². The van der Waals surface area contributed by atoms with E-state index >= 15 is 0 Å². The first kappa shape index (κ1) is 15.4. The first-order chi connectivity index (χ1) is 11.6. The molecule has 6 heteroatoms. The van der Waals surface area contributed by atoms with Gasteiger partial charge in [0.1, 0.15) is 0 Å². The maximum atomic E-state index is 12.9. The van der Waals surface area contributed by atoms with E-state index in [1.165, 1.54) is 5.56 Å². The van der Waals surface area contributed by atoms with Crippen molar-refractivity contribution in [3.8, 4) is 0 Å². The maximum Gasteiger partial charge on any atom is 0.206 e. The lowest BCUT2D eigenvalue weighted by Crippen LogP contribution is -2.09. The smallest absolute Gasteiger partial charge is 0.206 e. The molecule has 1 fully saturated rings. The van der Waals surface area contributed by atoms with E-state index in [4.69, 9.17) is 0 Å². The van der Waals surface area contributed by atoms with Crippen molar-refractivity contribution in [3.05, 3.63) is 53.7 Å². The molecule has 124 valence electrons. The molecule has 5 nitrogen and oxygen atoms in total. The summed E-state index contributed by atoms with van der Waals surface area (Å²) in [6.07, 6.45) is 2.74. The summed E-state index contributed by atoms with van der Waals surface area (Å²) in [7, 11) is -3.53. The van der Waals surface area contributed by atoms with E-state index in [0.29, 0.717) is 15.7 Å². The second-order valence-corrected chi connectivity index (χ2v) is 8.28. The summed E-state index contributed by atoms with van der Waals surface area (Å²) in [6, 6.07) is 10.5. The monoisotopic (exact) mass is 341 g/mol. The van der Waals surface area contributed by atoms with Gasteiger partial charge < -0.3 is 5.32 Å². The van der Waals surface area contributed by atoms with Gasteiger partial charge in [0.05, 0.1) is 21.5 Å². The molecular formula is C18H19N3O2S. The summed E-state index contributed by atoms with van der Waals surface area (Å²) in [5.74, 6) is 0.476. The predicted molar refractivity (Wildman–Crippen MR) is 93.0 cm³/mol. The Labute approximate surface area is 141 Å². The number of rotatable bonds is 3. The summed E-state index contributed by atoms with van der Waals surface area (Å²) >= 11 is 0. The molecule has 1 saturated heterocycles. The van der Waals surface area contributed by atoms with E-state index in [-0.39, 0.29) is 0 Å². The molecule has 2 N–H and O–H groups in total. The van der Waals surface area contributed by atoms with Gasteiger partial charge in [-0.2, -0.15) is 5.10 Å². The second kappa shape index (κ2) is 5.72. The highest BCUT2D eigenvalue weighted by Gasteiger charge is 2.22. The lowest BCUT2D eigenvalue weighted by Gasteiger charge is -2.14. The van der Waals surface area contributed by atoms with Crippen LogP contribution in [-0.2, 0) is 9.84 Å². The van der Waals surface area contributed by atoms with E-state index in [9.17, 15) is 8.42 Å². The molecule has 0 bridgehead atoms. The molecular weight excluding hydrogens is 322 g/mol. The fourth-order valence-electron chi connectivity index (χ4n) is 3.42. The van der Waals surface area contributed by atoms with Crippen LogP contribution in [-0.4, -0.2) is 31.7 Å². The first-order valence-corrected chi connectivity index (χ1v) is 9.53. The van der Waals surface area contributed by atoms with Crippen LogP contribution in [0.3, 0.4) is 0 Å². The number of hydrogen-bond donors (Lipinski definition) is 2. The number of nitrogens with one attached hydrogen (secondary N) is 2. The number of nitrogens with zero attached hydrogens (tertiary/aromatic N) is 1. The van der Waals surface area contributed by atoms with Crippen molar-refractivity contribution in [1.82, 2.24) is 15.5 Å². The van der Waals surface area contributed by atoms with Gasteiger partial charge in [-0.05, 0) is 67.3 Å². The molecule has 0 amide bonds. The van der Waals surface area contributed by atoms with Crippen molar-refractivity contribution in [2.24, 2.45) is 0 Å². The number of aromatic nitrogens is 2. The topological polar surface area (TPSA) is 74.8 Å². The minimum Gasteiger partial charge on any atom is -0.316 e. The van der Waals surface area contributed by atoms with Crippen molar-refractivity contribution in [1.29, 1.82) is 0 Å². The second-order valence-electron chi connectivity index (χ2n) is 6.33. The molecule has 0 radical (unpaired) electrons. The number of hydrogen-bond acceptors (Lipinski definition) is 4. The van der Waals surface area contributed by atoms with Crippen molar-refractivity contribution in [3.63, 3.8) is 0 Å². The van der Waals surface area contributed by atoms with Crippen molar-refractivity contribution < 1.29 is 8.42 Å². The Hall–Kier alpha value is -2.18. The number of benzene rings is 2. The highest BCUT2D eigenvalue weighted by atomic mass is 32.2. The standard InChI is InChI=1S/C18H19N3O2S/c1-12-8-15(2-4-17(12)13-6-7-19-10-13)24(22,23)16-3-5-18-14(9-16)11-20-21-18/h2-5,8-9,11,13,19H,6-7,10H2,1H3,(H,20,21)/t13-/m1/s1. The molecule has 2 heterocycles. The molecule has 1 aliphatic rings. The van der Waals surface area contributed by atoms with Crippen LogP contribution in [0.1, 0.15) is 23.5 Å². The Morgan fingerprint density at radius 3 is 2.67 bits per heavy atom. The molecule has 24 heavy (non-hydrogen) atoms. The molecule has 0 unspecified atom stereocenters. The van der Waals surface area contributed by atoms with Crippen LogP contribution in [0.15, 0.2) is 52.4 Å². The van der Waals surface area contributed by atoms with E-state index in [1.807, 2.05) is 13.0 Å². The fourth-order valence-corrected chi connectivity index (χ4v) is 4.80. The van der Waals surface area contributed by atoms with Gasteiger partial charge in [0.2, 0.25) is 9.84 Å². The third kappa shape index (κ3) is 2.52. The average Bonchev–Trinajstić information content (AvgIpc) is 3.25. The summed E-state index contributed by atoms with van der Waals surface area (Å²) in [4.78, 5) is 0.642. The third-order valence-corrected chi connectivity index (χ3v) is 6.52. The van der Waals surface area contributed by atoms with Gasteiger partial charge in [0.15, 0.2) is 0 Å². The Kier molecular flexibility index (Phi) is 3.66. The van der Waals surface area contributed by atoms with Crippen LogP contribution >= 0.6 is 0 Å². The van der Waals surface area contributed by atoms with Gasteiger partial charge in [0, 0.05) is 11.9 Å². The average molecular weight is 341 g/mol. The van der Waals surface area contributed by atoms with Crippen LogP contribution < -0.4 is 5.32 Å². The predicted octanol–water partition coefficient (Wildman–Crippen LogP) is 2.78. The van der Waals surface area contributed by atoms with Crippen molar-refractivity contribution >= 4 is 20.7 Å². The minimum atomic E-state index is -3.53. The van der Waals surface area contributed by atoms with Gasteiger partial charge in [-0.25, -0.2) is 8.42 Å². The first-order valence-electron chi connectivity index (χ1n) is 8.05. The molecule has 1 atom stereocenters. The quantitative estimate of drug-likeness (QED) is 0.768. The maximum absolute atomic E-state index is 12.9. The van der Waals surface area contributed by atoms with E-state index in [2.05, 4.69) is 15.5 Å². The summed E-state index contributed by atoms with van der Waals surface area (Å²) in [6.45, 7) is 3.98. The van der Waals surface area contributed by atoms with E-state index in [0.717, 1.165) is 36.0 Å². The highest BCUT2D eigenvalue weighted by Crippen LogP contribution is 2.30. The zero-order chi connectivity index (χ0) is 16.7. The molecule has 0 spiro atoms. The zero-order valence-electron chi connectivity index (χ0n) is 13.4. The zero-order valence-corrected chi connectivity index (χ0v) is 14.2. The van der Waals surface area contributed by atoms with Crippen molar-refractivity contribution in [2.75, 3.05) is 13.1 Å². The van der Waals surface area contributed by atoms with E-state index in [1.54, 1.807) is 36.5 Å². The normalized spacial score (nSPS) is 18.3. The van der Waals surface area contributed by atoms with Gasteiger partial charge in [0.25, 0.3) is 0 Å². The lowest BCUT2D eigenvalue weighted by molar-refractivity contribution is 0.596. The molecule has 0 saturated carbocycles. The number of aromatic amines is 1. The number of fused-ring (bicyclic) bond motifs is 1. The summed E-state index contributed by atoms with van der Waals surface area (Å²) in [5, 5.41) is 10.9. The molecule has 1 aliphatic heterocycles. The van der Waals surface area contributed by atoms with Crippen LogP contribution in [0.5, 0.6) is 0 Å². The third-order valence-electron chi connectivity index (χ3n) is 4.77. The molecule has 3 aromatic rings. The van der Waals surface area contributed by atoms with Gasteiger partial charge in [-0.15, -0.1) is 0 Å². The van der Waals surface area contributed by atoms with Gasteiger partial charge >= 0.3 is 0 Å². The molecule has 2 aromatic carbocycles. The minimum absolute atomic E-state index is 0.297. The fraction of sp³-hybridized carbons (Fsp3) is 0.278. The van der Waals surface area contributed by atoms with Gasteiger partial charge in [-0.1, -0.05) is 6.07 Å². The van der Waals surface area contributed by atoms with Crippen LogP contribution in [0.25, 0.3) is 10.9 Å². The number of aryl methyl sites for hydroxylation is 1. The largest absolute Gasteiger partial charge is 0.316 e. The number of H-pyrrole nitrogens is 1. The van der Waals surface area contributed by atoms with Crippen molar-refractivity contribution in [2.45, 2.75) is 29.1 Å². The van der Waals surface area contributed by atoms with Crippen LogP contribution in [0, 0.1) is 6.92 Å². The van der Waals surface area contributed by atoms with Crippen LogP contribution in [0.4, 0.5) is 0 Å². The Balaban J connectivity index is 1.74. The molecule has 1 aromatic heterocycles. The Morgan fingerprint density at radius 2 is 1.92 bits per heavy atom. The summed E-state index contributed by atoms with van der Waals surface area (Å²) < 4.78 is 25.9. The molecule has 4 rings (SSSR count). The Morgan fingerprint density at radius 1 is 1.12 bits per heavy atom. The highest BCUT2D eigenvalue weighted by molar-refractivity contribution is 7.91. The Bertz CT molecular complexity index is 1000. The van der Waals surface area contributed by atoms with Gasteiger partial charge in [-0.3, -0.25) is 5.10 Å². The number of sulfone groups is 1. The lowest BCUT2D eigenvalue weighted by atomic mass is 9.94. The molecule has 0 aliphatic carbocycles.